The first-order valence-electron chi connectivity index (χ1n) is 14.7. The van der Waals surface area contributed by atoms with Crippen molar-refractivity contribution in [1.82, 2.24) is 15.5 Å². The van der Waals surface area contributed by atoms with E-state index in [4.69, 9.17) is 9.79 Å². The fraction of sp³-hybridized carbons (Fsp3) is 0.419. The molecule has 4 N–H and O–H groups in total. The monoisotopic (exact) mass is 756 g/mol. The normalized spacial score (nSPS) is 16.2. The summed E-state index contributed by atoms with van der Waals surface area (Å²) >= 11 is 4.36. The molecule has 16 heteroatoms. The number of rotatable bonds is 10. The van der Waals surface area contributed by atoms with Crippen LogP contribution in [-0.2, 0) is 24.6 Å². The number of alkyl halides is 2. The number of hydrogen-bond donors (Lipinski definition) is 4. The van der Waals surface area contributed by atoms with Gasteiger partial charge in [0, 0.05) is 47.0 Å². The minimum absolute atomic E-state index is 0.0489. The summed E-state index contributed by atoms with van der Waals surface area (Å²) in [6.45, 7) is 5.66. The molecule has 1 saturated heterocycles. The molecule has 0 radical (unpaired) electrons. The van der Waals surface area contributed by atoms with E-state index in [9.17, 15) is 32.5 Å². The van der Waals surface area contributed by atoms with E-state index >= 15 is 0 Å². The van der Waals surface area contributed by atoms with Gasteiger partial charge in [0.15, 0.2) is 0 Å². The predicted octanol–water partition coefficient (Wildman–Crippen LogP) is 5.20. The van der Waals surface area contributed by atoms with Gasteiger partial charge in [-0.25, -0.2) is 0 Å². The van der Waals surface area contributed by atoms with Crippen LogP contribution in [0, 0.1) is 5.41 Å². The molecule has 2 atom stereocenters. The molecule has 2 unspecified atom stereocenters. The maximum absolute atomic E-state index is 14.3. The van der Waals surface area contributed by atoms with Crippen molar-refractivity contribution in [1.29, 1.82) is 0 Å². The number of carbonyl (C=O) groups excluding carboxylic acids is 4. The molecule has 1 fully saturated rings. The van der Waals surface area contributed by atoms with Crippen LogP contribution < -0.4 is 15.5 Å². The van der Waals surface area contributed by atoms with Gasteiger partial charge in [0.2, 0.25) is 17.7 Å². The van der Waals surface area contributed by atoms with Crippen molar-refractivity contribution < 1.29 is 42.3 Å². The minimum atomic E-state index is -5.79. The Kier molecular flexibility index (Phi) is 11.0. The third-order valence-electron chi connectivity index (χ3n) is 7.91. The highest BCUT2D eigenvalue weighted by Crippen LogP contribution is 2.59. The first kappa shape index (κ1) is 36.6. The zero-order valence-electron chi connectivity index (χ0n) is 26.1. The molecule has 2 aromatic carbocycles. The van der Waals surface area contributed by atoms with E-state index in [1.54, 1.807) is 45.0 Å². The number of carbonyl (C=O) groups is 4. The van der Waals surface area contributed by atoms with Gasteiger partial charge in [0.25, 0.3) is 5.91 Å². The summed E-state index contributed by atoms with van der Waals surface area (Å²) < 4.78 is 41.2. The van der Waals surface area contributed by atoms with Gasteiger partial charge in [0.1, 0.15) is 12.1 Å². The van der Waals surface area contributed by atoms with Gasteiger partial charge in [-0.3, -0.25) is 23.7 Å². The largest absolute Gasteiger partial charge is 0.399 e. The lowest BCUT2D eigenvalue weighted by Crippen LogP contribution is -2.58. The SMILES string of the molecule is CNC(=O)CCN(C(=O)C1CCCN1C(=O)C(NC(=O)c1cc2cc(C(F)(F)P(=O)(O)O)ccc2s1)C(C)(C)C)c1ccc(Br)cc1. The molecule has 0 spiro atoms. The number of fused-ring (bicyclic) bond motifs is 1. The lowest BCUT2D eigenvalue weighted by atomic mass is 9.85. The van der Waals surface area contributed by atoms with Gasteiger partial charge in [-0.2, -0.15) is 8.78 Å². The highest BCUT2D eigenvalue weighted by molar-refractivity contribution is 9.10. The van der Waals surface area contributed by atoms with Crippen molar-refractivity contribution in [2.45, 2.75) is 57.8 Å². The van der Waals surface area contributed by atoms with Crippen LogP contribution in [0.25, 0.3) is 10.1 Å². The minimum Gasteiger partial charge on any atom is -0.359 e. The maximum atomic E-state index is 14.3. The molecule has 2 heterocycles. The van der Waals surface area contributed by atoms with Crippen LogP contribution in [0.3, 0.4) is 0 Å². The lowest BCUT2D eigenvalue weighted by Gasteiger charge is -2.36. The van der Waals surface area contributed by atoms with Gasteiger partial charge in [-0.05, 0) is 66.1 Å². The number of thiophene rings is 1. The Bertz CT molecular complexity index is 1720. The van der Waals surface area contributed by atoms with Crippen LogP contribution in [0.2, 0.25) is 0 Å². The van der Waals surface area contributed by atoms with E-state index in [0.717, 1.165) is 27.9 Å². The molecule has 0 bridgehead atoms. The molecule has 4 amide bonds. The van der Waals surface area contributed by atoms with E-state index < -0.39 is 48.1 Å². The van der Waals surface area contributed by atoms with Crippen molar-refractivity contribution in [3.05, 3.63) is 63.4 Å². The molecular formula is C31H36BrF2N4O7PS. The Balaban J connectivity index is 1.58. The first-order chi connectivity index (χ1) is 21.8. The molecule has 254 valence electrons. The van der Waals surface area contributed by atoms with Gasteiger partial charge in [-0.15, -0.1) is 11.3 Å². The Morgan fingerprint density at radius 1 is 1.11 bits per heavy atom. The van der Waals surface area contributed by atoms with E-state index in [1.165, 1.54) is 29.0 Å². The summed E-state index contributed by atoms with van der Waals surface area (Å²) in [6.07, 6.45) is 0.988. The average molecular weight is 758 g/mol. The molecule has 1 aliphatic heterocycles. The Morgan fingerprint density at radius 3 is 2.36 bits per heavy atom. The number of halogens is 3. The van der Waals surface area contributed by atoms with Gasteiger partial charge >= 0.3 is 13.3 Å². The standard InChI is InChI=1S/C31H36BrF2N4O7PS/c1-30(2,3)26(36-27(40)24-17-18-16-19(7-12-23(18)47-24)31(33,34)46(43,44)45)29(42)38-14-5-6-22(38)28(41)37(15-13-25(39)35-4)21-10-8-20(32)9-11-21/h7-12,16-17,22,26H,5-6,13-15H2,1-4H3,(H,35,39)(H,36,40)(H2,43,44,45). The second-order valence-electron chi connectivity index (χ2n) is 12.3. The topological polar surface area (TPSA) is 156 Å². The smallest absolute Gasteiger partial charge is 0.359 e. The number of hydrogen-bond acceptors (Lipinski definition) is 6. The van der Waals surface area contributed by atoms with Gasteiger partial charge in [0.05, 0.1) is 4.88 Å². The molecule has 1 aromatic heterocycles. The highest BCUT2D eigenvalue weighted by atomic mass is 79.9. The zero-order valence-corrected chi connectivity index (χ0v) is 29.4. The van der Waals surface area contributed by atoms with E-state index in [-0.39, 0.29) is 41.6 Å². The predicted molar refractivity (Wildman–Crippen MR) is 178 cm³/mol. The van der Waals surface area contributed by atoms with Crippen LogP contribution in [-0.4, -0.2) is 70.5 Å². The summed E-state index contributed by atoms with van der Waals surface area (Å²) in [6, 6.07) is 9.53. The summed E-state index contributed by atoms with van der Waals surface area (Å²) in [4.78, 5) is 75.0. The van der Waals surface area contributed by atoms with Crippen LogP contribution >= 0.6 is 34.9 Å². The summed E-state index contributed by atoms with van der Waals surface area (Å²) in [5, 5.41) is 5.51. The van der Waals surface area contributed by atoms with Crippen LogP contribution in [0.5, 0.6) is 0 Å². The van der Waals surface area contributed by atoms with Gasteiger partial charge in [-0.1, -0.05) is 42.8 Å². The zero-order chi connectivity index (χ0) is 34.9. The number of nitrogens with one attached hydrogen (secondary N) is 2. The Morgan fingerprint density at radius 2 is 1.77 bits per heavy atom. The van der Waals surface area contributed by atoms with Crippen LogP contribution in [0.15, 0.2) is 53.0 Å². The van der Waals surface area contributed by atoms with Crippen molar-refractivity contribution in [2.75, 3.05) is 25.0 Å². The lowest BCUT2D eigenvalue weighted by molar-refractivity contribution is -0.141. The van der Waals surface area contributed by atoms with Crippen LogP contribution in [0.1, 0.15) is 55.3 Å². The molecule has 3 aromatic rings. The molecule has 47 heavy (non-hydrogen) atoms. The van der Waals surface area contributed by atoms with E-state index in [0.29, 0.717) is 23.2 Å². The summed E-state index contributed by atoms with van der Waals surface area (Å²) in [5.41, 5.74) is -5.53. The Labute approximate surface area is 283 Å². The van der Waals surface area contributed by atoms with Crippen molar-refractivity contribution in [3.63, 3.8) is 0 Å². The van der Waals surface area contributed by atoms with Crippen molar-refractivity contribution >= 4 is 74.3 Å². The Hall–Kier alpha value is -3.23. The van der Waals surface area contributed by atoms with Crippen molar-refractivity contribution in [2.24, 2.45) is 5.41 Å². The van der Waals surface area contributed by atoms with Gasteiger partial charge < -0.3 is 30.2 Å². The number of amides is 4. The van der Waals surface area contributed by atoms with Crippen molar-refractivity contribution in [3.8, 4) is 0 Å². The average Bonchev–Trinajstić information content (AvgIpc) is 3.66. The third-order valence-corrected chi connectivity index (χ3v) is 10.5. The molecule has 4 rings (SSSR count). The molecule has 0 aliphatic carbocycles. The molecule has 0 saturated carbocycles. The quantitative estimate of drug-likeness (QED) is 0.208. The molecule has 11 nitrogen and oxygen atoms in total. The first-order valence-corrected chi connectivity index (χ1v) is 17.9. The van der Waals surface area contributed by atoms with E-state index in [1.807, 2.05) is 0 Å². The molecular weight excluding hydrogens is 721 g/mol. The third kappa shape index (κ3) is 8.09. The highest BCUT2D eigenvalue weighted by Gasteiger charge is 2.50. The summed E-state index contributed by atoms with van der Waals surface area (Å²) in [7, 11) is -4.28. The number of anilines is 1. The number of nitrogens with zero attached hydrogens (tertiary/aromatic N) is 2. The second-order valence-corrected chi connectivity index (χ2v) is 15.9. The van der Waals surface area contributed by atoms with Crippen LogP contribution in [0.4, 0.5) is 14.5 Å². The number of benzene rings is 2. The molecule has 1 aliphatic rings. The summed E-state index contributed by atoms with van der Waals surface area (Å²) in [5.74, 6) is -1.71. The number of likely N-dealkylation sites (tertiary alicyclic amines) is 1. The second kappa shape index (κ2) is 14.1. The fourth-order valence-electron chi connectivity index (χ4n) is 5.32. The maximum Gasteiger partial charge on any atom is 0.399 e. The fourth-order valence-corrected chi connectivity index (χ4v) is 7.01. The van der Waals surface area contributed by atoms with E-state index in [2.05, 4.69) is 26.6 Å².